The highest BCUT2D eigenvalue weighted by Crippen LogP contribution is 2.24. The number of rotatable bonds is 11. The Kier molecular flexibility index (Phi) is 8.79. The summed E-state index contributed by atoms with van der Waals surface area (Å²) in [6.07, 6.45) is 0. The number of para-hydroxylation sites is 2. The first-order valence-electron chi connectivity index (χ1n) is 11.2. The standard InChI is InChI=1S/C27H31ClN2O4/c1-4-32-26(31)27(2,3)34-23-9-7-8-21(16-23)18-30(17-20-12-14-22(28)15-13-20)19-33-25-11-6-5-10-24(25)29/h5-16H,4,17-19,29H2,1-3H3. The minimum absolute atomic E-state index is 0.303. The maximum Gasteiger partial charge on any atom is 0.349 e. The SMILES string of the molecule is CCOC(=O)C(C)(C)Oc1cccc(CN(COc2ccccc2N)Cc2ccc(Cl)cc2)c1. The average molecular weight is 483 g/mol. The molecule has 0 spiro atoms. The van der Waals surface area contributed by atoms with E-state index in [0.717, 1.165) is 11.1 Å². The molecule has 34 heavy (non-hydrogen) atoms. The van der Waals surface area contributed by atoms with Crippen molar-refractivity contribution in [2.24, 2.45) is 0 Å². The van der Waals surface area contributed by atoms with Crippen molar-refractivity contribution in [1.82, 2.24) is 4.90 Å². The van der Waals surface area contributed by atoms with Crippen LogP contribution in [0, 0.1) is 0 Å². The first-order valence-corrected chi connectivity index (χ1v) is 11.5. The number of anilines is 1. The third-order valence-corrected chi connectivity index (χ3v) is 5.34. The van der Waals surface area contributed by atoms with Crippen LogP contribution in [0.15, 0.2) is 72.8 Å². The zero-order valence-electron chi connectivity index (χ0n) is 19.8. The van der Waals surface area contributed by atoms with E-state index in [1.54, 1.807) is 20.8 Å². The summed E-state index contributed by atoms with van der Waals surface area (Å²) in [4.78, 5) is 14.4. The molecular weight excluding hydrogens is 452 g/mol. The molecule has 0 fully saturated rings. The molecule has 0 heterocycles. The van der Waals surface area contributed by atoms with Crippen LogP contribution in [0.2, 0.25) is 5.02 Å². The van der Waals surface area contributed by atoms with Gasteiger partial charge >= 0.3 is 5.97 Å². The van der Waals surface area contributed by atoms with Crippen LogP contribution in [0.5, 0.6) is 11.5 Å². The molecule has 3 aromatic carbocycles. The number of ether oxygens (including phenoxy) is 3. The topological polar surface area (TPSA) is 74.0 Å². The molecule has 0 bridgehead atoms. The highest BCUT2D eigenvalue weighted by Gasteiger charge is 2.31. The van der Waals surface area contributed by atoms with Crippen LogP contribution in [0.25, 0.3) is 0 Å². The van der Waals surface area contributed by atoms with Gasteiger partial charge in [-0.3, -0.25) is 4.90 Å². The van der Waals surface area contributed by atoms with Gasteiger partial charge in [0.2, 0.25) is 0 Å². The van der Waals surface area contributed by atoms with Gasteiger partial charge in [0.05, 0.1) is 12.3 Å². The van der Waals surface area contributed by atoms with Crippen molar-refractivity contribution in [3.8, 4) is 11.5 Å². The fraction of sp³-hybridized carbons (Fsp3) is 0.296. The van der Waals surface area contributed by atoms with Gasteiger partial charge < -0.3 is 19.9 Å². The first kappa shape index (κ1) is 25.4. The summed E-state index contributed by atoms with van der Waals surface area (Å²) in [7, 11) is 0. The van der Waals surface area contributed by atoms with Crippen LogP contribution in [-0.2, 0) is 22.6 Å². The second kappa shape index (κ2) is 11.8. The van der Waals surface area contributed by atoms with Crippen molar-refractivity contribution in [2.45, 2.75) is 39.5 Å². The Labute approximate surface area is 206 Å². The summed E-state index contributed by atoms with van der Waals surface area (Å²) in [5, 5.41) is 0.692. The third-order valence-electron chi connectivity index (χ3n) is 5.09. The number of carbonyl (C=O) groups excluding carboxylic acids is 1. The van der Waals surface area contributed by atoms with Gasteiger partial charge in [-0.15, -0.1) is 0 Å². The van der Waals surface area contributed by atoms with Gasteiger partial charge in [0.15, 0.2) is 5.60 Å². The Morgan fingerprint density at radius 2 is 1.68 bits per heavy atom. The summed E-state index contributed by atoms with van der Waals surface area (Å²) < 4.78 is 17.1. The quantitative estimate of drug-likeness (QED) is 0.215. The first-order chi connectivity index (χ1) is 16.3. The second-order valence-electron chi connectivity index (χ2n) is 8.41. The normalized spacial score (nSPS) is 11.3. The van der Waals surface area contributed by atoms with E-state index in [9.17, 15) is 4.79 Å². The van der Waals surface area contributed by atoms with E-state index >= 15 is 0 Å². The van der Waals surface area contributed by atoms with Crippen LogP contribution in [-0.4, -0.2) is 29.8 Å². The molecule has 0 atom stereocenters. The van der Waals surface area contributed by atoms with Gasteiger partial charge in [0.1, 0.15) is 18.2 Å². The predicted molar refractivity (Wildman–Crippen MR) is 135 cm³/mol. The van der Waals surface area contributed by atoms with Crippen molar-refractivity contribution in [1.29, 1.82) is 0 Å². The van der Waals surface area contributed by atoms with Crippen LogP contribution < -0.4 is 15.2 Å². The van der Waals surface area contributed by atoms with Gasteiger partial charge in [0, 0.05) is 18.1 Å². The molecule has 0 aromatic heterocycles. The second-order valence-corrected chi connectivity index (χ2v) is 8.84. The lowest BCUT2D eigenvalue weighted by Gasteiger charge is -2.25. The minimum atomic E-state index is -1.09. The summed E-state index contributed by atoms with van der Waals surface area (Å²) in [5.74, 6) is 0.825. The summed E-state index contributed by atoms with van der Waals surface area (Å²) in [5.41, 5.74) is 7.65. The summed E-state index contributed by atoms with van der Waals surface area (Å²) in [6, 6.07) is 22.8. The van der Waals surface area contributed by atoms with E-state index in [1.807, 2.05) is 72.8 Å². The number of nitrogens with two attached hydrogens (primary N) is 1. The number of halogens is 1. The zero-order valence-corrected chi connectivity index (χ0v) is 20.5. The molecule has 0 saturated carbocycles. The Morgan fingerprint density at radius 3 is 2.38 bits per heavy atom. The van der Waals surface area contributed by atoms with Crippen molar-refractivity contribution in [3.63, 3.8) is 0 Å². The lowest BCUT2D eigenvalue weighted by molar-refractivity contribution is -0.158. The number of nitrogen functional groups attached to an aromatic ring is 1. The van der Waals surface area contributed by atoms with Gasteiger partial charge in [-0.25, -0.2) is 4.79 Å². The van der Waals surface area contributed by atoms with Gasteiger partial charge in [-0.2, -0.15) is 0 Å². The van der Waals surface area contributed by atoms with Gasteiger partial charge in [0.25, 0.3) is 0 Å². The molecular formula is C27H31ClN2O4. The highest BCUT2D eigenvalue weighted by atomic mass is 35.5. The van der Waals surface area contributed by atoms with Crippen LogP contribution in [0.4, 0.5) is 5.69 Å². The third kappa shape index (κ3) is 7.40. The minimum Gasteiger partial charge on any atom is -0.476 e. The molecule has 180 valence electrons. The lowest BCUT2D eigenvalue weighted by atomic mass is 10.1. The Bertz CT molecular complexity index is 1090. The number of carbonyl (C=O) groups is 1. The van der Waals surface area contributed by atoms with E-state index in [4.69, 9.17) is 31.5 Å². The van der Waals surface area contributed by atoms with Gasteiger partial charge in [-0.05, 0) is 68.3 Å². The zero-order chi connectivity index (χ0) is 24.6. The lowest BCUT2D eigenvalue weighted by Crippen LogP contribution is -2.39. The van der Waals surface area contributed by atoms with Crippen LogP contribution >= 0.6 is 11.6 Å². The molecule has 3 rings (SSSR count). The fourth-order valence-corrected chi connectivity index (χ4v) is 3.50. The monoisotopic (exact) mass is 482 g/mol. The van der Waals surface area contributed by atoms with E-state index in [0.29, 0.717) is 48.6 Å². The molecule has 0 aliphatic carbocycles. The molecule has 0 aliphatic heterocycles. The van der Waals surface area contributed by atoms with Crippen LogP contribution in [0.3, 0.4) is 0 Å². The molecule has 0 radical (unpaired) electrons. The van der Waals surface area contributed by atoms with E-state index in [1.165, 1.54) is 0 Å². The molecule has 0 saturated heterocycles. The molecule has 2 N–H and O–H groups in total. The Morgan fingerprint density at radius 1 is 0.971 bits per heavy atom. The molecule has 0 unspecified atom stereocenters. The molecule has 0 aliphatic rings. The van der Waals surface area contributed by atoms with Crippen molar-refractivity contribution >= 4 is 23.3 Å². The smallest absolute Gasteiger partial charge is 0.349 e. The Hall–Kier alpha value is -3.22. The fourth-order valence-electron chi connectivity index (χ4n) is 3.37. The maximum atomic E-state index is 12.2. The number of esters is 1. The summed E-state index contributed by atoms with van der Waals surface area (Å²) >= 11 is 6.05. The number of benzene rings is 3. The predicted octanol–water partition coefficient (Wildman–Crippen LogP) is 5.68. The van der Waals surface area contributed by atoms with Crippen molar-refractivity contribution in [2.75, 3.05) is 19.1 Å². The molecule has 0 amide bonds. The summed E-state index contributed by atoms with van der Waals surface area (Å²) in [6.45, 7) is 7.03. The Balaban J connectivity index is 1.75. The molecule has 3 aromatic rings. The van der Waals surface area contributed by atoms with E-state index in [2.05, 4.69) is 4.90 Å². The van der Waals surface area contributed by atoms with E-state index in [-0.39, 0.29) is 0 Å². The maximum absolute atomic E-state index is 12.2. The number of hydrogen-bond donors (Lipinski definition) is 1. The largest absolute Gasteiger partial charge is 0.476 e. The van der Waals surface area contributed by atoms with Gasteiger partial charge in [-0.1, -0.05) is 48.0 Å². The van der Waals surface area contributed by atoms with E-state index < -0.39 is 11.6 Å². The van der Waals surface area contributed by atoms with Crippen molar-refractivity contribution < 1.29 is 19.0 Å². The average Bonchev–Trinajstić information content (AvgIpc) is 2.80. The highest BCUT2D eigenvalue weighted by molar-refractivity contribution is 6.30. The molecule has 6 nitrogen and oxygen atoms in total. The van der Waals surface area contributed by atoms with Crippen molar-refractivity contribution in [3.05, 3.63) is 88.9 Å². The van der Waals surface area contributed by atoms with Crippen LogP contribution in [0.1, 0.15) is 31.9 Å². The number of hydrogen-bond acceptors (Lipinski definition) is 6. The molecule has 7 heteroatoms. The number of nitrogens with zero attached hydrogens (tertiary/aromatic N) is 1.